The number of sulfonamides is 1. The zero-order valence-corrected chi connectivity index (χ0v) is 17.8. The van der Waals surface area contributed by atoms with Crippen LogP contribution in [0.3, 0.4) is 0 Å². The van der Waals surface area contributed by atoms with Crippen molar-refractivity contribution in [1.29, 1.82) is 0 Å². The average Bonchev–Trinajstić information content (AvgIpc) is 3.24. The van der Waals surface area contributed by atoms with Gasteiger partial charge in [-0.25, -0.2) is 31.9 Å². The fraction of sp³-hybridized carbons (Fsp3) is 0.278. The van der Waals surface area contributed by atoms with E-state index in [2.05, 4.69) is 20.0 Å². The van der Waals surface area contributed by atoms with Crippen LogP contribution in [0.1, 0.15) is 22.7 Å². The highest BCUT2D eigenvalue weighted by Crippen LogP contribution is 2.22. The van der Waals surface area contributed by atoms with E-state index in [0.29, 0.717) is 21.4 Å². The number of rotatable bonds is 8. The normalized spacial score (nSPS) is 11.6. The molecule has 0 aliphatic carbocycles. The Morgan fingerprint density at radius 1 is 1.30 bits per heavy atom. The van der Waals surface area contributed by atoms with Gasteiger partial charge in [-0.3, -0.25) is 4.79 Å². The van der Waals surface area contributed by atoms with Gasteiger partial charge in [0.05, 0.1) is 0 Å². The second-order valence-electron chi connectivity index (χ2n) is 6.48. The van der Waals surface area contributed by atoms with E-state index in [9.17, 15) is 22.0 Å². The highest BCUT2D eigenvalue weighted by Gasteiger charge is 2.18. The molecule has 0 radical (unpaired) electrons. The summed E-state index contributed by atoms with van der Waals surface area (Å²) >= 11 is 1.15. The van der Waals surface area contributed by atoms with Crippen LogP contribution in [0.4, 0.5) is 13.9 Å². The molecule has 30 heavy (non-hydrogen) atoms. The van der Waals surface area contributed by atoms with Crippen molar-refractivity contribution in [1.82, 2.24) is 19.3 Å². The molecule has 0 bridgehead atoms. The van der Waals surface area contributed by atoms with Gasteiger partial charge in [-0.15, -0.1) is 11.3 Å². The van der Waals surface area contributed by atoms with E-state index in [4.69, 9.17) is 0 Å². The second kappa shape index (κ2) is 8.98. The molecule has 0 unspecified atom stereocenters. The summed E-state index contributed by atoms with van der Waals surface area (Å²) in [6.07, 6.45) is 2.99. The second-order valence-corrected chi connectivity index (χ2v) is 9.31. The lowest BCUT2D eigenvalue weighted by atomic mass is 10.1. The minimum Gasteiger partial charge on any atom is -0.337 e. The maximum atomic E-state index is 13.7. The Bertz CT molecular complexity index is 1150. The maximum absolute atomic E-state index is 13.7. The Morgan fingerprint density at radius 2 is 2.07 bits per heavy atom. The van der Waals surface area contributed by atoms with Gasteiger partial charge in [-0.2, -0.15) is 0 Å². The molecule has 1 amide bonds. The topological polar surface area (TPSA) is 106 Å². The third kappa shape index (κ3) is 5.46. The molecule has 2 aromatic heterocycles. The van der Waals surface area contributed by atoms with E-state index in [1.807, 2.05) is 0 Å². The molecular weight excluding hydrogens is 436 g/mol. The van der Waals surface area contributed by atoms with Crippen LogP contribution >= 0.6 is 11.3 Å². The lowest BCUT2D eigenvalue weighted by Crippen LogP contribution is -2.28. The Morgan fingerprint density at radius 3 is 2.73 bits per heavy atom. The third-order valence-electron chi connectivity index (χ3n) is 4.19. The van der Waals surface area contributed by atoms with Crippen molar-refractivity contribution in [2.24, 2.45) is 7.05 Å². The van der Waals surface area contributed by atoms with Gasteiger partial charge in [-0.1, -0.05) is 6.07 Å². The zero-order chi connectivity index (χ0) is 21.9. The molecule has 160 valence electrons. The van der Waals surface area contributed by atoms with E-state index in [0.717, 1.165) is 17.4 Å². The highest BCUT2D eigenvalue weighted by molar-refractivity contribution is 7.89. The highest BCUT2D eigenvalue weighted by atomic mass is 32.2. The van der Waals surface area contributed by atoms with Crippen LogP contribution in [0.15, 0.2) is 35.6 Å². The Labute approximate surface area is 176 Å². The number of amides is 1. The molecule has 0 saturated heterocycles. The summed E-state index contributed by atoms with van der Waals surface area (Å²) in [5, 5.41) is 2.77. The van der Waals surface area contributed by atoms with Gasteiger partial charge >= 0.3 is 0 Å². The number of thiazole rings is 1. The molecule has 0 aliphatic rings. The standard InChI is InChI=1S/C18H19F2N5O3S2/c1-11-23-17(10-25(11)2)30(27,28)22-6-5-16(26)24-18-21-9-14(29-18)7-12-3-4-13(19)8-15(12)20/h3-4,8-10,22H,5-7H2,1-2H3,(H,21,24,26). The van der Waals surface area contributed by atoms with Crippen LogP contribution in [0.2, 0.25) is 0 Å². The van der Waals surface area contributed by atoms with Crippen molar-refractivity contribution in [3.63, 3.8) is 0 Å². The lowest BCUT2D eigenvalue weighted by Gasteiger charge is -2.04. The molecule has 0 spiro atoms. The number of benzene rings is 1. The molecule has 8 nitrogen and oxygen atoms in total. The average molecular weight is 456 g/mol. The molecule has 12 heteroatoms. The SMILES string of the molecule is Cc1nc(S(=O)(=O)NCCC(=O)Nc2ncc(Cc3ccc(F)cc3F)s2)cn1C. The number of carbonyl (C=O) groups excluding carboxylic acids is 1. The number of imidazole rings is 1. The largest absolute Gasteiger partial charge is 0.337 e. The van der Waals surface area contributed by atoms with Crippen LogP contribution in [0.5, 0.6) is 0 Å². The predicted octanol–water partition coefficient (Wildman–Crippen LogP) is 2.36. The number of aryl methyl sites for hydroxylation is 2. The number of anilines is 1. The van der Waals surface area contributed by atoms with Crippen LogP contribution < -0.4 is 10.0 Å². The minimum atomic E-state index is -3.81. The number of nitrogens with one attached hydrogen (secondary N) is 2. The molecule has 0 aliphatic heterocycles. The van der Waals surface area contributed by atoms with Gasteiger partial charge in [-0.05, 0) is 18.6 Å². The third-order valence-corrected chi connectivity index (χ3v) is 6.43. The Kier molecular flexibility index (Phi) is 6.58. The number of hydrogen-bond donors (Lipinski definition) is 2. The van der Waals surface area contributed by atoms with Gasteiger partial charge < -0.3 is 9.88 Å². The first kappa shape index (κ1) is 22.0. The summed E-state index contributed by atoms with van der Waals surface area (Å²) in [5.41, 5.74) is 0.317. The number of carbonyl (C=O) groups is 1. The van der Waals surface area contributed by atoms with Crippen molar-refractivity contribution in [3.8, 4) is 0 Å². The number of aromatic nitrogens is 3. The fourth-order valence-electron chi connectivity index (χ4n) is 2.51. The van der Waals surface area contributed by atoms with Crippen LogP contribution in [-0.2, 0) is 28.3 Å². The number of nitrogens with zero attached hydrogens (tertiary/aromatic N) is 3. The maximum Gasteiger partial charge on any atom is 0.259 e. The molecule has 2 heterocycles. The van der Waals surface area contributed by atoms with Crippen molar-refractivity contribution in [3.05, 3.63) is 58.5 Å². The Balaban J connectivity index is 1.50. The molecule has 3 rings (SSSR count). The van der Waals surface area contributed by atoms with E-state index >= 15 is 0 Å². The zero-order valence-electron chi connectivity index (χ0n) is 16.1. The molecule has 0 atom stereocenters. The van der Waals surface area contributed by atoms with Gasteiger partial charge in [0.2, 0.25) is 5.91 Å². The van der Waals surface area contributed by atoms with Crippen molar-refractivity contribution < 1.29 is 22.0 Å². The quantitative estimate of drug-likeness (QED) is 0.542. The number of halogens is 2. The van der Waals surface area contributed by atoms with Crippen molar-refractivity contribution >= 4 is 32.4 Å². The summed E-state index contributed by atoms with van der Waals surface area (Å²) in [7, 11) is -2.12. The van der Waals surface area contributed by atoms with Gasteiger partial charge in [0.15, 0.2) is 10.2 Å². The fourth-order valence-corrected chi connectivity index (χ4v) is 4.43. The molecule has 0 fully saturated rings. The summed E-state index contributed by atoms with van der Waals surface area (Å²) in [6, 6.07) is 3.35. The summed E-state index contributed by atoms with van der Waals surface area (Å²) in [6.45, 7) is 1.57. The monoisotopic (exact) mass is 455 g/mol. The first-order valence-electron chi connectivity index (χ1n) is 8.82. The van der Waals surface area contributed by atoms with Gasteiger partial charge in [0, 0.05) is 49.8 Å². The minimum absolute atomic E-state index is 0.105. The molecule has 2 N–H and O–H groups in total. The summed E-state index contributed by atoms with van der Waals surface area (Å²) in [5.74, 6) is -1.18. The predicted molar refractivity (Wildman–Crippen MR) is 108 cm³/mol. The molecular formula is C18H19F2N5O3S2. The van der Waals surface area contributed by atoms with Crippen LogP contribution in [-0.4, -0.2) is 35.4 Å². The van der Waals surface area contributed by atoms with Gasteiger partial charge in [0.1, 0.15) is 17.5 Å². The van der Waals surface area contributed by atoms with Crippen LogP contribution in [0.25, 0.3) is 0 Å². The molecule has 3 aromatic rings. The van der Waals surface area contributed by atoms with E-state index in [-0.39, 0.29) is 24.4 Å². The molecule has 1 aromatic carbocycles. The summed E-state index contributed by atoms with van der Waals surface area (Å²) in [4.78, 5) is 20.7. The van der Waals surface area contributed by atoms with E-state index in [1.165, 1.54) is 24.5 Å². The Hall–Kier alpha value is -2.70. The smallest absolute Gasteiger partial charge is 0.259 e. The van der Waals surface area contributed by atoms with E-state index < -0.39 is 27.6 Å². The van der Waals surface area contributed by atoms with Crippen LogP contribution in [0, 0.1) is 18.6 Å². The first-order valence-corrected chi connectivity index (χ1v) is 11.1. The van der Waals surface area contributed by atoms with E-state index in [1.54, 1.807) is 18.5 Å². The van der Waals surface area contributed by atoms with Crippen molar-refractivity contribution in [2.45, 2.75) is 24.8 Å². The van der Waals surface area contributed by atoms with Gasteiger partial charge in [0.25, 0.3) is 10.0 Å². The number of hydrogen-bond acceptors (Lipinski definition) is 6. The first-order chi connectivity index (χ1) is 14.1. The lowest BCUT2D eigenvalue weighted by molar-refractivity contribution is -0.116. The van der Waals surface area contributed by atoms with Crippen molar-refractivity contribution in [2.75, 3.05) is 11.9 Å². The molecule has 0 saturated carbocycles. The summed E-state index contributed by atoms with van der Waals surface area (Å²) < 4.78 is 55.0.